The van der Waals surface area contributed by atoms with Gasteiger partial charge in [0.2, 0.25) is 6.29 Å². The van der Waals surface area contributed by atoms with E-state index in [1.54, 1.807) is 0 Å². The molecule has 0 saturated carbocycles. The summed E-state index contributed by atoms with van der Waals surface area (Å²) in [5.74, 6) is -0.767. The van der Waals surface area contributed by atoms with Crippen LogP contribution < -0.4 is 4.74 Å². The van der Waals surface area contributed by atoms with E-state index in [2.05, 4.69) is 0 Å². The van der Waals surface area contributed by atoms with Gasteiger partial charge in [0.15, 0.2) is 0 Å². The Labute approximate surface area is 108 Å². The molecule has 1 aromatic carbocycles. The van der Waals surface area contributed by atoms with E-state index in [1.165, 1.54) is 24.3 Å². The van der Waals surface area contributed by atoms with Gasteiger partial charge in [0, 0.05) is 0 Å². The second-order valence-corrected chi connectivity index (χ2v) is 4.20. The highest BCUT2D eigenvalue weighted by atomic mass is 16.7. The second-order valence-electron chi connectivity index (χ2n) is 4.20. The van der Waals surface area contributed by atoms with Crippen LogP contribution in [-0.2, 0) is 4.74 Å². The molecule has 0 amide bonds. The van der Waals surface area contributed by atoms with Gasteiger partial charge in [0.1, 0.15) is 24.1 Å². The third-order valence-corrected chi connectivity index (χ3v) is 2.81. The molecule has 0 aromatic heterocycles. The predicted molar refractivity (Wildman–Crippen MR) is 61.8 cm³/mol. The average molecular weight is 270 g/mol. The van der Waals surface area contributed by atoms with Gasteiger partial charge in [-0.2, -0.15) is 0 Å². The summed E-state index contributed by atoms with van der Waals surface area (Å²) >= 11 is 0. The number of aliphatic hydroxyl groups excluding tert-OH is 3. The fourth-order valence-corrected chi connectivity index (χ4v) is 1.69. The number of hydrogen-bond donors (Lipinski definition) is 4. The van der Waals surface area contributed by atoms with Crippen LogP contribution in [0.4, 0.5) is 0 Å². The standard InChI is InChI=1S/C12H14O7/c13-8-5-18-12(10(15)9(8)14)19-7-3-1-6(2-4-7)11(16)17/h1-4,8-10,12-15H,5H2,(H,16,17)/t8-,9+,10-,12+/m1/s1. The smallest absolute Gasteiger partial charge is 0.335 e. The molecule has 2 rings (SSSR count). The van der Waals surface area contributed by atoms with Gasteiger partial charge in [-0.3, -0.25) is 0 Å². The van der Waals surface area contributed by atoms with E-state index < -0.39 is 30.6 Å². The van der Waals surface area contributed by atoms with Crippen molar-refractivity contribution in [1.82, 2.24) is 0 Å². The number of carboxylic acid groups (broad SMARTS) is 1. The molecule has 104 valence electrons. The summed E-state index contributed by atoms with van der Waals surface area (Å²) in [5, 5.41) is 37.1. The van der Waals surface area contributed by atoms with Crippen molar-refractivity contribution in [2.75, 3.05) is 6.61 Å². The minimum Gasteiger partial charge on any atom is -0.478 e. The largest absolute Gasteiger partial charge is 0.478 e. The topological polar surface area (TPSA) is 116 Å². The molecule has 0 bridgehead atoms. The van der Waals surface area contributed by atoms with Crippen LogP contribution in [0.1, 0.15) is 10.4 Å². The van der Waals surface area contributed by atoms with Gasteiger partial charge < -0.3 is 29.9 Å². The van der Waals surface area contributed by atoms with Gasteiger partial charge in [-0.05, 0) is 24.3 Å². The average Bonchev–Trinajstić information content (AvgIpc) is 2.40. The van der Waals surface area contributed by atoms with E-state index in [4.69, 9.17) is 14.6 Å². The number of benzene rings is 1. The summed E-state index contributed by atoms with van der Waals surface area (Å²) in [5.41, 5.74) is 0.105. The Kier molecular flexibility index (Phi) is 4.01. The first-order chi connectivity index (χ1) is 8.99. The maximum Gasteiger partial charge on any atom is 0.335 e. The molecule has 0 unspecified atom stereocenters. The minimum atomic E-state index is -1.39. The fraction of sp³-hybridized carbons (Fsp3) is 0.417. The Balaban J connectivity index is 2.03. The van der Waals surface area contributed by atoms with E-state index in [9.17, 15) is 20.1 Å². The fourth-order valence-electron chi connectivity index (χ4n) is 1.69. The van der Waals surface area contributed by atoms with Crippen LogP contribution in [0.3, 0.4) is 0 Å². The van der Waals surface area contributed by atoms with Crippen molar-refractivity contribution in [1.29, 1.82) is 0 Å². The molecule has 1 saturated heterocycles. The van der Waals surface area contributed by atoms with E-state index in [-0.39, 0.29) is 17.9 Å². The van der Waals surface area contributed by atoms with Crippen LogP contribution in [0.25, 0.3) is 0 Å². The zero-order chi connectivity index (χ0) is 14.0. The van der Waals surface area contributed by atoms with Crippen molar-refractivity contribution in [3.05, 3.63) is 29.8 Å². The summed E-state index contributed by atoms with van der Waals surface area (Å²) in [6.45, 7) is -0.157. The lowest BCUT2D eigenvalue weighted by Gasteiger charge is -2.34. The first-order valence-electron chi connectivity index (χ1n) is 5.65. The van der Waals surface area contributed by atoms with Gasteiger partial charge in [-0.15, -0.1) is 0 Å². The predicted octanol–water partition coefficient (Wildman–Crippen LogP) is -0.797. The molecule has 4 N–H and O–H groups in total. The Morgan fingerprint density at radius 1 is 1.16 bits per heavy atom. The van der Waals surface area contributed by atoms with E-state index in [0.29, 0.717) is 0 Å². The van der Waals surface area contributed by atoms with Gasteiger partial charge in [-0.25, -0.2) is 4.79 Å². The normalized spacial score (nSPS) is 30.9. The van der Waals surface area contributed by atoms with Crippen LogP contribution in [0.2, 0.25) is 0 Å². The number of hydrogen-bond acceptors (Lipinski definition) is 6. The number of ether oxygens (including phenoxy) is 2. The Bertz CT molecular complexity index is 444. The third kappa shape index (κ3) is 3.02. The SMILES string of the molecule is O=C(O)c1ccc(O[C@@H]2OC[C@@H](O)[C@H](O)[C@H]2O)cc1. The Hall–Kier alpha value is -1.67. The maximum absolute atomic E-state index is 10.7. The Morgan fingerprint density at radius 2 is 1.79 bits per heavy atom. The van der Waals surface area contributed by atoms with Crippen LogP contribution in [0.15, 0.2) is 24.3 Å². The molecule has 0 aliphatic carbocycles. The van der Waals surface area contributed by atoms with E-state index >= 15 is 0 Å². The molecule has 1 aromatic rings. The highest BCUT2D eigenvalue weighted by Gasteiger charge is 2.38. The molecule has 1 aliphatic rings. The van der Waals surface area contributed by atoms with Gasteiger partial charge in [0.05, 0.1) is 12.2 Å². The molecule has 7 heteroatoms. The lowest BCUT2D eigenvalue weighted by Crippen LogP contribution is -2.54. The lowest BCUT2D eigenvalue weighted by atomic mass is 10.1. The molecule has 0 radical (unpaired) electrons. The van der Waals surface area contributed by atoms with Crippen LogP contribution in [0, 0.1) is 0 Å². The molecule has 4 atom stereocenters. The van der Waals surface area contributed by atoms with E-state index in [1.807, 2.05) is 0 Å². The number of carboxylic acids is 1. The zero-order valence-corrected chi connectivity index (χ0v) is 9.84. The monoisotopic (exact) mass is 270 g/mol. The molecule has 19 heavy (non-hydrogen) atoms. The van der Waals surface area contributed by atoms with Crippen molar-refractivity contribution in [3.8, 4) is 5.75 Å². The van der Waals surface area contributed by atoms with Crippen molar-refractivity contribution >= 4 is 5.97 Å². The van der Waals surface area contributed by atoms with Crippen LogP contribution in [0.5, 0.6) is 5.75 Å². The molecule has 0 spiro atoms. The van der Waals surface area contributed by atoms with Gasteiger partial charge in [-0.1, -0.05) is 0 Å². The third-order valence-electron chi connectivity index (χ3n) is 2.81. The number of aromatic carboxylic acids is 1. The molecule has 1 aliphatic heterocycles. The number of rotatable bonds is 3. The van der Waals surface area contributed by atoms with Crippen molar-refractivity contribution in [3.63, 3.8) is 0 Å². The minimum absolute atomic E-state index is 0.105. The summed E-state index contributed by atoms with van der Waals surface area (Å²) in [7, 11) is 0. The van der Waals surface area contributed by atoms with Crippen LogP contribution in [-0.4, -0.2) is 57.6 Å². The lowest BCUT2D eigenvalue weighted by molar-refractivity contribution is -0.242. The highest BCUT2D eigenvalue weighted by Crippen LogP contribution is 2.21. The van der Waals surface area contributed by atoms with Crippen molar-refractivity contribution in [2.45, 2.75) is 24.6 Å². The van der Waals surface area contributed by atoms with Crippen molar-refractivity contribution < 1.29 is 34.7 Å². The molecular formula is C12H14O7. The van der Waals surface area contributed by atoms with Gasteiger partial charge in [0.25, 0.3) is 0 Å². The first kappa shape index (κ1) is 13.8. The second kappa shape index (κ2) is 5.54. The molecule has 7 nitrogen and oxygen atoms in total. The number of carbonyl (C=O) groups is 1. The zero-order valence-electron chi connectivity index (χ0n) is 9.84. The Morgan fingerprint density at radius 3 is 2.37 bits per heavy atom. The summed E-state index contributed by atoms with van der Waals surface area (Å²) in [4.78, 5) is 10.7. The van der Waals surface area contributed by atoms with Crippen LogP contribution >= 0.6 is 0 Å². The van der Waals surface area contributed by atoms with E-state index in [0.717, 1.165) is 0 Å². The molecular weight excluding hydrogens is 256 g/mol. The maximum atomic E-state index is 10.7. The van der Waals surface area contributed by atoms with Gasteiger partial charge >= 0.3 is 5.97 Å². The highest BCUT2D eigenvalue weighted by molar-refractivity contribution is 5.87. The first-order valence-corrected chi connectivity index (χ1v) is 5.65. The quantitative estimate of drug-likeness (QED) is 0.568. The van der Waals surface area contributed by atoms with Crippen molar-refractivity contribution in [2.24, 2.45) is 0 Å². The molecule has 1 fully saturated rings. The summed E-state index contributed by atoms with van der Waals surface area (Å²) < 4.78 is 10.3. The summed E-state index contributed by atoms with van der Waals surface area (Å²) in [6.07, 6.45) is -5.02. The summed E-state index contributed by atoms with van der Waals surface area (Å²) in [6, 6.07) is 5.52. The number of aliphatic hydroxyl groups is 3. The molecule has 1 heterocycles.